The molecule has 0 saturated carbocycles. The average Bonchev–Trinajstić information content (AvgIpc) is 2.21. The summed E-state index contributed by atoms with van der Waals surface area (Å²) >= 11 is 0. The summed E-state index contributed by atoms with van der Waals surface area (Å²) in [5, 5.41) is 2.79. The van der Waals surface area contributed by atoms with Crippen molar-refractivity contribution < 1.29 is 9.59 Å². The number of primary amides is 1. The van der Waals surface area contributed by atoms with Gasteiger partial charge in [-0.3, -0.25) is 14.5 Å². The third kappa shape index (κ3) is 5.70. The van der Waals surface area contributed by atoms with Crippen molar-refractivity contribution in [1.82, 2.24) is 10.2 Å². The van der Waals surface area contributed by atoms with Crippen LogP contribution in [0.1, 0.15) is 26.7 Å². The van der Waals surface area contributed by atoms with Crippen LogP contribution in [-0.2, 0) is 9.59 Å². The molecule has 0 spiro atoms. The molecule has 0 aliphatic heterocycles. The first-order valence-corrected chi connectivity index (χ1v) is 5.60. The van der Waals surface area contributed by atoms with Gasteiger partial charge in [-0.15, -0.1) is 0 Å². The van der Waals surface area contributed by atoms with Crippen LogP contribution < -0.4 is 11.1 Å². The van der Waals surface area contributed by atoms with E-state index in [2.05, 4.69) is 5.32 Å². The molecular formula is C11H23N3O2. The summed E-state index contributed by atoms with van der Waals surface area (Å²) in [4.78, 5) is 24.5. The molecule has 0 aliphatic rings. The van der Waals surface area contributed by atoms with E-state index in [1.807, 2.05) is 32.8 Å². The highest BCUT2D eigenvalue weighted by Crippen LogP contribution is 2.15. The molecule has 0 bridgehead atoms. The molecule has 16 heavy (non-hydrogen) atoms. The Labute approximate surface area is 97.4 Å². The van der Waals surface area contributed by atoms with E-state index in [1.54, 1.807) is 0 Å². The lowest BCUT2D eigenvalue weighted by Gasteiger charge is -2.18. The van der Waals surface area contributed by atoms with Gasteiger partial charge in [-0.2, -0.15) is 0 Å². The fourth-order valence-corrected chi connectivity index (χ4v) is 1.43. The van der Waals surface area contributed by atoms with Crippen molar-refractivity contribution in [3.05, 3.63) is 0 Å². The lowest BCUT2D eigenvalue weighted by Crippen LogP contribution is -2.37. The Hall–Kier alpha value is -1.10. The van der Waals surface area contributed by atoms with E-state index in [-0.39, 0.29) is 23.7 Å². The van der Waals surface area contributed by atoms with Crippen molar-refractivity contribution in [2.45, 2.75) is 26.7 Å². The van der Waals surface area contributed by atoms with Crippen molar-refractivity contribution in [3.63, 3.8) is 0 Å². The van der Waals surface area contributed by atoms with Crippen LogP contribution in [0.4, 0.5) is 0 Å². The van der Waals surface area contributed by atoms with E-state index in [0.717, 1.165) is 0 Å². The first-order chi connectivity index (χ1) is 7.38. The van der Waals surface area contributed by atoms with E-state index < -0.39 is 0 Å². The molecular weight excluding hydrogens is 206 g/mol. The van der Waals surface area contributed by atoms with Crippen LogP contribution in [-0.4, -0.2) is 37.5 Å². The largest absolute Gasteiger partial charge is 0.369 e. The van der Waals surface area contributed by atoms with Crippen molar-refractivity contribution in [1.29, 1.82) is 0 Å². The SMILES string of the molecule is CCC(CC(C)C(=O)NCN(C)C)C(N)=O. The smallest absolute Gasteiger partial charge is 0.223 e. The Morgan fingerprint density at radius 1 is 1.38 bits per heavy atom. The standard InChI is InChI=1S/C11H23N3O2/c1-5-9(10(12)15)6-8(2)11(16)13-7-14(3)4/h8-9H,5-7H2,1-4H3,(H2,12,15)(H,13,16). The minimum Gasteiger partial charge on any atom is -0.369 e. The van der Waals surface area contributed by atoms with Gasteiger partial charge in [-0.05, 0) is 26.9 Å². The monoisotopic (exact) mass is 229 g/mol. The van der Waals surface area contributed by atoms with Gasteiger partial charge in [0.15, 0.2) is 0 Å². The van der Waals surface area contributed by atoms with Crippen LogP contribution in [0, 0.1) is 11.8 Å². The molecule has 0 fully saturated rings. The lowest BCUT2D eigenvalue weighted by molar-refractivity contribution is -0.127. The Balaban J connectivity index is 4.08. The number of hydrogen-bond acceptors (Lipinski definition) is 3. The summed E-state index contributed by atoms with van der Waals surface area (Å²) in [6.45, 7) is 4.23. The van der Waals surface area contributed by atoms with Gasteiger partial charge in [0, 0.05) is 11.8 Å². The number of nitrogens with one attached hydrogen (secondary N) is 1. The van der Waals surface area contributed by atoms with Gasteiger partial charge in [0.1, 0.15) is 0 Å². The van der Waals surface area contributed by atoms with Gasteiger partial charge in [0.2, 0.25) is 11.8 Å². The van der Waals surface area contributed by atoms with E-state index in [0.29, 0.717) is 19.5 Å². The predicted molar refractivity (Wildman–Crippen MR) is 63.5 cm³/mol. The Morgan fingerprint density at radius 2 is 1.94 bits per heavy atom. The van der Waals surface area contributed by atoms with Crippen LogP contribution in [0.25, 0.3) is 0 Å². The summed E-state index contributed by atoms with van der Waals surface area (Å²) in [7, 11) is 3.76. The molecule has 5 nitrogen and oxygen atoms in total. The summed E-state index contributed by atoms with van der Waals surface area (Å²) < 4.78 is 0. The Kier molecular flexibility index (Phi) is 6.72. The topological polar surface area (TPSA) is 75.4 Å². The fraction of sp³-hybridized carbons (Fsp3) is 0.818. The van der Waals surface area contributed by atoms with Gasteiger partial charge in [0.05, 0.1) is 6.67 Å². The zero-order valence-electron chi connectivity index (χ0n) is 10.6. The maximum Gasteiger partial charge on any atom is 0.223 e. The predicted octanol–water partition coefficient (Wildman–Crippen LogP) is 0.159. The van der Waals surface area contributed by atoms with Gasteiger partial charge in [0.25, 0.3) is 0 Å². The highest BCUT2D eigenvalue weighted by Gasteiger charge is 2.21. The molecule has 3 N–H and O–H groups in total. The van der Waals surface area contributed by atoms with Crippen molar-refractivity contribution in [2.24, 2.45) is 17.6 Å². The molecule has 2 unspecified atom stereocenters. The van der Waals surface area contributed by atoms with E-state index >= 15 is 0 Å². The summed E-state index contributed by atoms with van der Waals surface area (Å²) in [5.74, 6) is -0.749. The summed E-state index contributed by atoms with van der Waals surface area (Å²) in [6.07, 6.45) is 1.20. The van der Waals surface area contributed by atoms with Crippen LogP contribution in [0.2, 0.25) is 0 Å². The van der Waals surface area contributed by atoms with Crippen LogP contribution in [0.15, 0.2) is 0 Å². The zero-order chi connectivity index (χ0) is 12.7. The Morgan fingerprint density at radius 3 is 2.31 bits per heavy atom. The van der Waals surface area contributed by atoms with Gasteiger partial charge in [-0.25, -0.2) is 0 Å². The molecule has 94 valence electrons. The van der Waals surface area contributed by atoms with E-state index in [1.165, 1.54) is 0 Å². The maximum absolute atomic E-state index is 11.6. The molecule has 5 heteroatoms. The number of hydrogen-bond donors (Lipinski definition) is 2. The molecule has 0 heterocycles. The number of carbonyl (C=O) groups is 2. The van der Waals surface area contributed by atoms with Crippen LogP contribution in [0.3, 0.4) is 0 Å². The first-order valence-electron chi connectivity index (χ1n) is 5.60. The highest BCUT2D eigenvalue weighted by atomic mass is 16.2. The van der Waals surface area contributed by atoms with Crippen molar-refractivity contribution >= 4 is 11.8 Å². The van der Waals surface area contributed by atoms with Crippen molar-refractivity contribution in [3.8, 4) is 0 Å². The maximum atomic E-state index is 11.6. The zero-order valence-corrected chi connectivity index (χ0v) is 10.6. The minimum atomic E-state index is -0.324. The normalized spacial score (nSPS) is 14.6. The van der Waals surface area contributed by atoms with Gasteiger partial charge < -0.3 is 11.1 Å². The van der Waals surface area contributed by atoms with Crippen LogP contribution >= 0.6 is 0 Å². The van der Waals surface area contributed by atoms with Gasteiger partial charge in [-0.1, -0.05) is 13.8 Å². The number of carbonyl (C=O) groups excluding carboxylic acids is 2. The third-order valence-electron chi connectivity index (χ3n) is 2.55. The number of nitrogens with two attached hydrogens (primary N) is 1. The molecule has 0 aromatic carbocycles. The second-order valence-corrected chi connectivity index (χ2v) is 4.42. The number of rotatable bonds is 7. The number of amides is 2. The highest BCUT2D eigenvalue weighted by molar-refractivity contribution is 5.80. The second kappa shape index (κ2) is 7.22. The number of nitrogens with zero attached hydrogens (tertiary/aromatic N) is 1. The molecule has 2 amide bonds. The fourth-order valence-electron chi connectivity index (χ4n) is 1.43. The molecule has 0 rings (SSSR count). The molecule has 0 radical (unpaired) electrons. The molecule has 0 aromatic heterocycles. The lowest BCUT2D eigenvalue weighted by atomic mass is 9.92. The van der Waals surface area contributed by atoms with Crippen molar-refractivity contribution in [2.75, 3.05) is 20.8 Å². The molecule has 0 saturated heterocycles. The average molecular weight is 229 g/mol. The quantitative estimate of drug-likeness (QED) is 0.611. The van der Waals surface area contributed by atoms with E-state index in [9.17, 15) is 9.59 Å². The third-order valence-corrected chi connectivity index (χ3v) is 2.55. The summed E-state index contributed by atoms with van der Waals surface area (Å²) in [6, 6.07) is 0. The van der Waals surface area contributed by atoms with E-state index in [4.69, 9.17) is 5.73 Å². The summed E-state index contributed by atoms with van der Waals surface area (Å²) in [5.41, 5.74) is 5.24. The molecule has 0 aliphatic carbocycles. The Bertz CT molecular complexity index is 241. The van der Waals surface area contributed by atoms with Gasteiger partial charge >= 0.3 is 0 Å². The molecule has 0 aromatic rings. The van der Waals surface area contributed by atoms with Crippen LogP contribution in [0.5, 0.6) is 0 Å². The first kappa shape index (κ1) is 14.9. The second-order valence-electron chi connectivity index (χ2n) is 4.42. The molecule has 2 atom stereocenters. The minimum absolute atomic E-state index is 0.0339.